The van der Waals surface area contributed by atoms with Crippen molar-refractivity contribution in [2.45, 2.75) is 13.1 Å². The number of hydrazone groups is 1. The van der Waals surface area contributed by atoms with Gasteiger partial charge in [0.1, 0.15) is 5.01 Å². The molecule has 2 aromatic heterocycles. The molecule has 0 aliphatic rings. The van der Waals surface area contributed by atoms with Crippen LogP contribution in [0.25, 0.3) is 10.6 Å². The highest BCUT2D eigenvalue weighted by Gasteiger charge is 2.28. The van der Waals surface area contributed by atoms with E-state index in [9.17, 15) is 13.2 Å². The molecule has 5 nitrogen and oxygen atoms in total. The van der Waals surface area contributed by atoms with Crippen molar-refractivity contribution in [3.8, 4) is 16.5 Å². The predicted octanol–water partition coefficient (Wildman–Crippen LogP) is 6.29. The van der Waals surface area contributed by atoms with Crippen LogP contribution in [0.2, 0.25) is 10.0 Å². The summed E-state index contributed by atoms with van der Waals surface area (Å²) in [5.74, 6) is -0.107. The number of ether oxygens (including phenoxy) is 1. The second-order valence-electron chi connectivity index (χ2n) is 5.76. The number of nitrogens with zero attached hydrogens (tertiary/aromatic N) is 3. The van der Waals surface area contributed by atoms with E-state index >= 15 is 0 Å². The fraction of sp³-hybridized carbons (Fsp3) is 0.167. The number of anilines is 1. The summed E-state index contributed by atoms with van der Waals surface area (Å²) < 4.78 is 41.1. The molecule has 1 aromatic carbocycles. The Balaban J connectivity index is 1.68. The number of hydrogen-bond donors (Lipinski definition) is 1. The first-order chi connectivity index (χ1) is 13.7. The fourth-order valence-corrected chi connectivity index (χ4v) is 3.41. The molecule has 0 unspecified atom stereocenters. The second kappa shape index (κ2) is 8.98. The SMILES string of the molecule is C/C(=N\Nc1ccc(Cl)cc1Cl)c1csc(-c2ccc(OCC(F)(F)F)nc2)n1. The van der Waals surface area contributed by atoms with Gasteiger partial charge in [-0.25, -0.2) is 9.97 Å². The molecule has 0 bridgehead atoms. The lowest BCUT2D eigenvalue weighted by Crippen LogP contribution is -2.19. The third-order valence-electron chi connectivity index (χ3n) is 3.52. The lowest BCUT2D eigenvalue weighted by atomic mass is 10.3. The highest BCUT2D eigenvalue weighted by Crippen LogP contribution is 2.27. The van der Waals surface area contributed by atoms with Crippen molar-refractivity contribution in [2.24, 2.45) is 5.10 Å². The molecule has 29 heavy (non-hydrogen) atoms. The molecule has 152 valence electrons. The summed E-state index contributed by atoms with van der Waals surface area (Å²) in [5, 5.41) is 7.68. The van der Waals surface area contributed by atoms with Crippen molar-refractivity contribution in [1.29, 1.82) is 0 Å². The summed E-state index contributed by atoms with van der Waals surface area (Å²) in [4.78, 5) is 8.36. The molecule has 0 aliphatic carbocycles. The summed E-state index contributed by atoms with van der Waals surface area (Å²) in [6.07, 6.45) is -3.00. The number of pyridine rings is 1. The van der Waals surface area contributed by atoms with Crippen molar-refractivity contribution < 1.29 is 17.9 Å². The van der Waals surface area contributed by atoms with Gasteiger partial charge in [0.25, 0.3) is 0 Å². The van der Waals surface area contributed by atoms with Crippen LogP contribution in [0.5, 0.6) is 5.88 Å². The van der Waals surface area contributed by atoms with Crippen LogP contribution in [0.1, 0.15) is 12.6 Å². The first-order valence-corrected chi connectivity index (χ1v) is 9.72. The fourth-order valence-electron chi connectivity index (χ4n) is 2.10. The zero-order valence-corrected chi connectivity index (χ0v) is 17.1. The van der Waals surface area contributed by atoms with E-state index in [-0.39, 0.29) is 5.88 Å². The summed E-state index contributed by atoms with van der Waals surface area (Å²) in [7, 11) is 0. The van der Waals surface area contributed by atoms with Gasteiger partial charge >= 0.3 is 6.18 Å². The van der Waals surface area contributed by atoms with Crippen LogP contribution in [-0.2, 0) is 0 Å². The zero-order valence-electron chi connectivity index (χ0n) is 14.8. The molecule has 0 saturated heterocycles. The molecular weight excluding hydrogens is 448 g/mol. The van der Waals surface area contributed by atoms with E-state index in [0.717, 1.165) is 0 Å². The Morgan fingerprint density at radius 2 is 2.03 bits per heavy atom. The van der Waals surface area contributed by atoms with Gasteiger partial charge in [-0.2, -0.15) is 18.3 Å². The number of thiazole rings is 1. The minimum atomic E-state index is -4.41. The first kappa shape index (κ1) is 21.4. The molecule has 2 heterocycles. The van der Waals surface area contributed by atoms with E-state index in [4.69, 9.17) is 23.2 Å². The number of aromatic nitrogens is 2. The summed E-state index contributed by atoms with van der Waals surface area (Å²) >= 11 is 13.3. The maximum atomic E-state index is 12.2. The van der Waals surface area contributed by atoms with Gasteiger partial charge in [-0.05, 0) is 31.2 Å². The van der Waals surface area contributed by atoms with Crippen molar-refractivity contribution in [3.63, 3.8) is 0 Å². The Labute approximate surface area is 178 Å². The molecule has 0 amide bonds. The number of hydrogen-bond acceptors (Lipinski definition) is 6. The molecule has 0 saturated carbocycles. The number of alkyl halides is 3. The third kappa shape index (κ3) is 6.06. The van der Waals surface area contributed by atoms with E-state index in [2.05, 4.69) is 25.2 Å². The topological polar surface area (TPSA) is 59.4 Å². The van der Waals surface area contributed by atoms with Crippen LogP contribution in [0.15, 0.2) is 47.0 Å². The summed E-state index contributed by atoms with van der Waals surface area (Å²) in [6, 6.07) is 7.97. The van der Waals surface area contributed by atoms with E-state index in [1.165, 1.54) is 23.6 Å². The highest BCUT2D eigenvalue weighted by molar-refractivity contribution is 7.13. The second-order valence-corrected chi connectivity index (χ2v) is 7.46. The maximum Gasteiger partial charge on any atom is 0.422 e. The largest absolute Gasteiger partial charge is 0.468 e. The van der Waals surface area contributed by atoms with E-state index in [1.54, 1.807) is 31.2 Å². The van der Waals surface area contributed by atoms with E-state index < -0.39 is 12.8 Å². The van der Waals surface area contributed by atoms with Crippen LogP contribution >= 0.6 is 34.5 Å². The van der Waals surface area contributed by atoms with Gasteiger partial charge in [-0.3, -0.25) is 5.43 Å². The number of rotatable bonds is 6. The molecule has 0 fully saturated rings. The van der Waals surface area contributed by atoms with E-state index in [0.29, 0.717) is 37.7 Å². The Bertz CT molecular complexity index is 1020. The quantitative estimate of drug-likeness (QED) is 0.346. The molecular formula is C18H13Cl2F3N4OS. The van der Waals surface area contributed by atoms with Crippen molar-refractivity contribution in [3.05, 3.63) is 57.6 Å². The van der Waals surface area contributed by atoms with Gasteiger partial charge in [0.15, 0.2) is 6.61 Å². The monoisotopic (exact) mass is 460 g/mol. The van der Waals surface area contributed by atoms with Gasteiger partial charge in [-0.1, -0.05) is 23.2 Å². The highest BCUT2D eigenvalue weighted by atomic mass is 35.5. The number of nitrogens with one attached hydrogen (secondary N) is 1. The van der Waals surface area contributed by atoms with Crippen LogP contribution < -0.4 is 10.2 Å². The predicted molar refractivity (Wildman–Crippen MR) is 109 cm³/mol. The maximum absolute atomic E-state index is 12.2. The molecule has 1 N–H and O–H groups in total. The molecule has 11 heteroatoms. The lowest BCUT2D eigenvalue weighted by molar-refractivity contribution is -0.154. The van der Waals surface area contributed by atoms with Crippen LogP contribution in [0.3, 0.4) is 0 Å². The molecule has 0 aliphatic heterocycles. The Hall–Kier alpha value is -2.36. The average molecular weight is 461 g/mol. The van der Waals surface area contributed by atoms with Crippen molar-refractivity contribution in [2.75, 3.05) is 12.0 Å². The summed E-state index contributed by atoms with van der Waals surface area (Å²) in [6.45, 7) is 0.392. The van der Waals surface area contributed by atoms with Crippen LogP contribution in [0, 0.1) is 0 Å². The van der Waals surface area contributed by atoms with Gasteiger partial charge in [-0.15, -0.1) is 11.3 Å². The molecule has 3 aromatic rings. The average Bonchev–Trinajstić information content (AvgIpc) is 3.15. The van der Waals surface area contributed by atoms with Gasteiger partial charge in [0.2, 0.25) is 5.88 Å². The van der Waals surface area contributed by atoms with Gasteiger partial charge in [0, 0.05) is 28.2 Å². The minimum Gasteiger partial charge on any atom is -0.468 e. The standard InChI is InChI=1S/C18H13Cl2F3N4OS/c1-10(26-27-14-4-3-12(19)6-13(14)20)15-8-29-17(25-15)11-2-5-16(24-7-11)28-9-18(21,22)23/h2-8,27H,9H2,1H3/b26-10+. The molecule has 0 radical (unpaired) electrons. The van der Waals surface area contributed by atoms with Gasteiger partial charge < -0.3 is 4.74 Å². The third-order valence-corrected chi connectivity index (χ3v) is 4.96. The van der Waals surface area contributed by atoms with Gasteiger partial charge in [0.05, 0.1) is 22.1 Å². The molecule has 0 atom stereocenters. The lowest BCUT2D eigenvalue weighted by Gasteiger charge is -2.08. The normalized spacial score (nSPS) is 12.1. The smallest absolute Gasteiger partial charge is 0.422 e. The zero-order chi connectivity index (χ0) is 21.0. The van der Waals surface area contributed by atoms with Crippen LogP contribution in [0.4, 0.5) is 18.9 Å². The molecule has 0 spiro atoms. The van der Waals surface area contributed by atoms with Crippen molar-refractivity contribution >= 4 is 45.9 Å². The Kier molecular flexibility index (Phi) is 6.61. The minimum absolute atomic E-state index is 0.107. The van der Waals surface area contributed by atoms with E-state index in [1.807, 2.05) is 5.38 Å². The summed E-state index contributed by atoms with van der Waals surface area (Å²) in [5.41, 5.74) is 5.38. The van der Waals surface area contributed by atoms with Crippen molar-refractivity contribution in [1.82, 2.24) is 9.97 Å². The Morgan fingerprint density at radius 1 is 1.24 bits per heavy atom. The first-order valence-electron chi connectivity index (χ1n) is 8.08. The molecule has 3 rings (SSSR count). The Morgan fingerprint density at radius 3 is 2.69 bits per heavy atom. The van der Waals surface area contributed by atoms with Crippen LogP contribution in [-0.4, -0.2) is 28.5 Å². The number of halogens is 5. The number of benzene rings is 1.